The van der Waals surface area contributed by atoms with Gasteiger partial charge < -0.3 is 15.3 Å². The predicted molar refractivity (Wildman–Crippen MR) is 82.9 cm³/mol. The molecule has 0 saturated heterocycles. The first-order valence-electron chi connectivity index (χ1n) is 7.20. The Labute approximate surface area is 121 Å². The summed E-state index contributed by atoms with van der Waals surface area (Å²) in [6, 6.07) is 9.82. The third-order valence-corrected chi connectivity index (χ3v) is 3.40. The van der Waals surface area contributed by atoms with Crippen LogP contribution >= 0.6 is 0 Å². The molecular weight excluding hydrogens is 252 g/mol. The van der Waals surface area contributed by atoms with E-state index in [0.717, 1.165) is 12.1 Å². The van der Waals surface area contributed by atoms with E-state index < -0.39 is 0 Å². The van der Waals surface area contributed by atoms with E-state index in [0.29, 0.717) is 19.5 Å². The molecule has 1 amide bonds. The fraction of sp³-hybridized carbons (Fsp3) is 0.562. The summed E-state index contributed by atoms with van der Waals surface area (Å²) in [6.45, 7) is 7.21. The maximum atomic E-state index is 12.1. The van der Waals surface area contributed by atoms with Crippen LogP contribution < -0.4 is 10.2 Å². The molecule has 0 heterocycles. The van der Waals surface area contributed by atoms with Gasteiger partial charge >= 0.3 is 0 Å². The molecule has 0 saturated carbocycles. The predicted octanol–water partition coefficient (Wildman–Crippen LogP) is 2.18. The van der Waals surface area contributed by atoms with Gasteiger partial charge in [-0.05, 0) is 38.8 Å². The van der Waals surface area contributed by atoms with Gasteiger partial charge in [0.2, 0.25) is 5.91 Å². The number of hydrogen-bond donors (Lipinski definition) is 2. The van der Waals surface area contributed by atoms with Gasteiger partial charge in [-0.2, -0.15) is 0 Å². The number of hydrogen-bond acceptors (Lipinski definition) is 3. The van der Waals surface area contributed by atoms with E-state index in [1.54, 1.807) is 0 Å². The first-order valence-corrected chi connectivity index (χ1v) is 7.20. The van der Waals surface area contributed by atoms with Gasteiger partial charge in [0.25, 0.3) is 0 Å². The summed E-state index contributed by atoms with van der Waals surface area (Å²) in [5.41, 5.74) is 0.821. The van der Waals surface area contributed by atoms with E-state index in [2.05, 4.69) is 12.2 Å². The first kappa shape index (κ1) is 16.5. The summed E-state index contributed by atoms with van der Waals surface area (Å²) >= 11 is 0. The van der Waals surface area contributed by atoms with Crippen LogP contribution in [-0.2, 0) is 4.79 Å². The van der Waals surface area contributed by atoms with E-state index >= 15 is 0 Å². The van der Waals surface area contributed by atoms with Crippen LogP contribution in [0.2, 0.25) is 0 Å². The second-order valence-corrected chi connectivity index (χ2v) is 5.62. The summed E-state index contributed by atoms with van der Waals surface area (Å²) in [6.07, 6.45) is 1.54. The number of amides is 1. The molecule has 0 fully saturated rings. The summed E-state index contributed by atoms with van der Waals surface area (Å²) in [5, 5.41) is 12.0. The molecule has 0 aliphatic heterocycles. The van der Waals surface area contributed by atoms with Crippen molar-refractivity contribution in [2.24, 2.45) is 0 Å². The quantitative estimate of drug-likeness (QED) is 0.766. The fourth-order valence-corrected chi connectivity index (χ4v) is 1.88. The molecule has 0 atom stereocenters. The second-order valence-electron chi connectivity index (χ2n) is 5.62. The summed E-state index contributed by atoms with van der Waals surface area (Å²) < 4.78 is 0. The summed E-state index contributed by atoms with van der Waals surface area (Å²) in [4.78, 5) is 14.1. The van der Waals surface area contributed by atoms with E-state index in [4.69, 9.17) is 5.11 Å². The van der Waals surface area contributed by atoms with E-state index in [9.17, 15) is 4.79 Å². The highest BCUT2D eigenvalue weighted by molar-refractivity contribution is 5.82. The van der Waals surface area contributed by atoms with Gasteiger partial charge in [0.15, 0.2) is 0 Å². The number of aliphatic hydroxyl groups excluding tert-OH is 1. The third-order valence-electron chi connectivity index (χ3n) is 3.40. The van der Waals surface area contributed by atoms with Crippen molar-refractivity contribution in [3.63, 3.8) is 0 Å². The van der Waals surface area contributed by atoms with Gasteiger partial charge in [0.05, 0.1) is 6.54 Å². The molecule has 1 rings (SSSR count). The van der Waals surface area contributed by atoms with Crippen molar-refractivity contribution in [3.05, 3.63) is 30.3 Å². The van der Waals surface area contributed by atoms with Gasteiger partial charge in [-0.3, -0.25) is 4.79 Å². The van der Waals surface area contributed by atoms with Crippen molar-refractivity contribution in [2.45, 2.75) is 39.2 Å². The van der Waals surface area contributed by atoms with Crippen LogP contribution in [0.1, 0.15) is 33.6 Å². The number of nitrogens with one attached hydrogen (secondary N) is 1. The van der Waals surface area contributed by atoms with E-state index in [1.807, 2.05) is 49.1 Å². The number of carbonyl (C=O) groups is 1. The van der Waals surface area contributed by atoms with Crippen LogP contribution in [0, 0.1) is 0 Å². The lowest BCUT2D eigenvalue weighted by atomic mass is 10.0. The molecule has 112 valence electrons. The summed E-state index contributed by atoms with van der Waals surface area (Å²) in [7, 11) is 0. The smallest absolute Gasteiger partial charge is 0.239 e. The van der Waals surface area contributed by atoms with Crippen LogP contribution in [0.3, 0.4) is 0 Å². The molecule has 4 nitrogen and oxygen atoms in total. The first-order chi connectivity index (χ1) is 9.48. The van der Waals surface area contributed by atoms with E-state index in [-0.39, 0.29) is 18.1 Å². The van der Waals surface area contributed by atoms with Crippen molar-refractivity contribution >= 4 is 11.6 Å². The lowest BCUT2D eigenvalue weighted by Gasteiger charge is -2.28. The molecule has 1 aromatic carbocycles. The van der Waals surface area contributed by atoms with Crippen LogP contribution in [0.4, 0.5) is 5.69 Å². The minimum Gasteiger partial charge on any atom is -0.396 e. The highest BCUT2D eigenvalue weighted by Gasteiger charge is 2.19. The van der Waals surface area contributed by atoms with E-state index in [1.165, 1.54) is 0 Å². The number of para-hydroxylation sites is 1. The average Bonchev–Trinajstić information content (AvgIpc) is 2.44. The Hall–Kier alpha value is -1.55. The lowest BCUT2D eigenvalue weighted by molar-refractivity contribution is -0.121. The van der Waals surface area contributed by atoms with Crippen molar-refractivity contribution in [3.8, 4) is 0 Å². The molecular formula is C16H26N2O2. The van der Waals surface area contributed by atoms with Gasteiger partial charge in [-0.1, -0.05) is 25.1 Å². The number of benzene rings is 1. The minimum absolute atomic E-state index is 0.0126. The Balaban J connectivity index is 2.68. The molecule has 0 bridgehead atoms. The number of carbonyl (C=O) groups excluding carboxylic acids is 1. The number of aliphatic hydroxyl groups is 1. The molecule has 0 unspecified atom stereocenters. The molecule has 20 heavy (non-hydrogen) atoms. The van der Waals surface area contributed by atoms with Gasteiger partial charge in [-0.25, -0.2) is 0 Å². The topological polar surface area (TPSA) is 52.6 Å². The van der Waals surface area contributed by atoms with Crippen molar-refractivity contribution < 1.29 is 9.90 Å². The third kappa shape index (κ3) is 5.61. The number of rotatable bonds is 8. The fourth-order valence-electron chi connectivity index (χ4n) is 1.88. The molecule has 0 aromatic heterocycles. The van der Waals surface area contributed by atoms with Gasteiger partial charge in [0.1, 0.15) is 0 Å². The SMILES string of the molecule is CCC(C)(C)NC(=O)CN(CCCO)c1ccccc1. The molecule has 4 heteroatoms. The Morgan fingerprint density at radius 2 is 1.95 bits per heavy atom. The number of nitrogens with zero attached hydrogens (tertiary/aromatic N) is 1. The van der Waals surface area contributed by atoms with Crippen LogP contribution in [0.25, 0.3) is 0 Å². The zero-order valence-electron chi connectivity index (χ0n) is 12.7. The molecule has 2 N–H and O–H groups in total. The average molecular weight is 278 g/mol. The van der Waals surface area contributed by atoms with Crippen molar-refractivity contribution in [1.82, 2.24) is 5.32 Å². The van der Waals surface area contributed by atoms with Gasteiger partial charge in [0, 0.05) is 24.4 Å². The minimum atomic E-state index is -0.184. The van der Waals surface area contributed by atoms with Crippen LogP contribution in [-0.4, -0.2) is 36.2 Å². The highest BCUT2D eigenvalue weighted by Crippen LogP contribution is 2.14. The molecule has 0 aliphatic rings. The maximum Gasteiger partial charge on any atom is 0.239 e. The normalized spacial score (nSPS) is 11.2. The van der Waals surface area contributed by atoms with Crippen LogP contribution in [0.5, 0.6) is 0 Å². The monoisotopic (exact) mass is 278 g/mol. The Kier molecular flexibility index (Phi) is 6.52. The lowest BCUT2D eigenvalue weighted by Crippen LogP contribution is -2.47. The Morgan fingerprint density at radius 3 is 2.50 bits per heavy atom. The number of anilines is 1. The van der Waals surface area contributed by atoms with Crippen molar-refractivity contribution in [2.75, 3.05) is 24.6 Å². The molecule has 0 spiro atoms. The standard InChI is InChI=1S/C16H26N2O2/c1-4-16(2,3)17-15(20)13-18(11-8-12-19)14-9-6-5-7-10-14/h5-7,9-10,19H,4,8,11-13H2,1-3H3,(H,17,20). The largest absolute Gasteiger partial charge is 0.396 e. The second kappa shape index (κ2) is 7.90. The highest BCUT2D eigenvalue weighted by atomic mass is 16.3. The van der Waals surface area contributed by atoms with Crippen LogP contribution in [0.15, 0.2) is 30.3 Å². The van der Waals surface area contributed by atoms with Crippen molar-refractivity contribution in [1.29, 1.82) is 0 Å². The molecule has 1 aromatic rings. The molecule has 0 aliphatic carbocycles. The zero-order chi connectivity index (χ0) is 15.0. The van der Waals surface area contributed by atoms with Gasteiger partial charge in [-0.15, -0.1) is 0 Å². The molecule has 0 radical (unpaired) electrons. The Bertz CT molecular complexity index is 404. The summed E-state index contributed by atoms with van der Waals surface area (Å²) in [5.74, 6) is 0.0126. The maximum absolute atomic E-state index is 12.1. The zero-order valence-corrected chi connectivity index (χ0v) is 12.7. The Morgan fingerprint density at radius 1 is 1.30 bits per heavy atom.